The lowest BCUT2D eigenvalue weighted by Crippen LogP contribution is -2.01. The van der Waals surface area contributed by atoms with Gasteiger partial charge in [-0.1, -0.05) is 17.7 Å². The Labute approximate surface area is 103 Å². The third-order valence-electron chi connectivity index (χ3n) is 3.02. The summed E-state index contributed by atoms with van der Waals surface area (Å²) in [7, 11) is 0. The molecule has 1 aromatic carbocycles. The molecule has 0 radical (unpaired) electrons. The summed E-state index contributed by atoms with van der Waals surface area (Å²) in [4.78, 5) is 15.7. The minimum absolute atomic E-state index is 0.313. The summed E-state index contributed by atoms with van der Waals surface area (Å²) in [5.74, 6) is -0.488. The summed E-state index contributed by atoms with van der Waals surface area (Å²) < 4.78 is 0. The van der Waals surface area contributed by atoms with E-state index in [4.69, 9.17) is 11.6 Å². The van der Waals surface area contributed by atoms with Gasteiger partial charge >= 0.3 is 5.97 Å². The first-order valence-electron chi connectivity index (χ1n) is 5.48. The second kappa shape index (κ2) is 3.70. The van der Waals surface area contributed by atoms with Crippen molar-refractivity contribution in [1.29, 1.82) is 0 Å². The minimum Gasteiger partial charge on any atom is -0.478 e. The molecule has 1 aromatic heterocycles. The molecule has 0 saturated heterocycles. The molecule has 86 valence electrons. The molecule has 1 aliphatic carbocycles. The lowest BCUT2D eigenvalue weighted by Gasteiger charge is -2.06. The van der Waals surface area contributed by atoms with E-state index in [1.165, 1.54) is 0 Å². The number of benzene rings is 1. The summed E-state index contributed by atoms with van der Waals surface area (Å²) >= 11 is 5.91. The number of fused-ring (bicyclic) bond motifs is 1. The Hall–Kier alpha value is -1.61. The molecule has 0 amide bonds. The molecule has 1 aliphatic rings. The van der Waals surface area contributed by atoms with Gasteiger partial charge in [-0.2, -0.15) is 0 Å². The number of carbonyl (C=O) groups is 1. The molecule has 0 aliphatic heterocycles. The lowest BCUT2D eigenvalue weighted by molar-refractivity contribution is 0.0699. The number of hydrogen-bond acceptors (Lipinski definition) is 2. The molecule has 17 heavy (non-hydrogen) atoms. The first-order chi connectivity index (χ1) is 8.15. The van der Waals surface area contributed by atoms with Gasteiger partial charge < -0.3 is 5.11 Å². The van der Waals surface area contributed by atoms with Crippen molar-refractivity contribution in [2.45, 2.75) is 18.8 Å². The molecule has 0 bridgehead atoms. The molecule has 2 aromatic rings. The molecule has 4 heteroatoms. The normalized spacial score (nSPS) is 15.1. The molecule has 0 spiro atoms. The SMILES string of the molecule is O=C(O)c1cc(C2CC2)nc2cc(Cl)ccc12. The third kappa shape index (κ3) is 1.87. The molecule has 1 fully saturated rings. The van der Waals surface area contributed by atoms with Crippen LogP contribution in [0.1, 0.15) is 34.8 Å². The molecule has 3 nitrogen and oxygen atoms in total. The van der Waals surface area contributed by atoms with Gasteiger partial charge in [0.2, 0.25) is 0 Å². The van der Waals surface area contributed by atoms with E-state index in [0.29, 0.717) is 27.4 Å². The second-order valence-corrected chi connectivity index (χ2v) is 4.77. The molecular weight excluding hydrogens is 238 g/mol. The number of nitrogens with zero attached hydrogens (tertiary/aromatic N) is 1. The van der Waals surface area contributed by atoms with Crippen LogP contribution in [0.15, 0.2) is 24.3 Å². The van der Waals surface area contributed by atoms with Crippen molar-refractivity contribution in [3.8, 4) is 0 Å². The zero-order chi connectivity index (χ0) is 12.0. The average Bonchev–Trinajstić information content (AvgIpc) is 3.10. The number of halogens is 1. The largest absolute Gasteiger partial charge is 0.478 e. The monoisotopic (exact) mass is 247 g/mol. The maximum Gasteiger partial charge on any atom is 0.336 e. The quantitative estimate of drug-likeness (QED) is 0.884. The van der Waals surface area contributed by atoms with Gasteiger partial charge in [0, 0.05) is 22.0 Å². The summed E-state index contributed by atoms with van der Waals surface area (Å²) in [6.07, 6.45) is 2.19. The van der Waals surface area contributed by atoms with Crippen LogP contribution in [0.25, 0.3) is 10.9 Å². The van der Waals surface area contributed by atoms with Crippen molar-refractivity contribution >= 4 is 28.5 Å². The highest BCUT2D eigenvalue weighted by atomic mass is 35.5. The second-order valence-electron chi connectivity index (χ2n) is 4.34. The maximum atomic E-state index is 11.2. The van der Waals surface area contributed by atoms with E-state index < -0.39 is 5.97 Å². The van der Waals surface area contributed by atoms with Crippen molar-refractivity contribution in [2.24, 2.45) is 0 Å². The highest BCUT2D eigenvalue weighted by Crippen LogP contribution is 2.40. The predicted octanol–water partition coefficient (Wildman–Crippen LogP) is 3.46. The van der Waals surface area contributed by atoms with Crippen LogP contribution in [-0.2, 0) is 0 Å². The predicted molar refractivity (Wildman–Crippen MR) is 65.7 cm³/mol. The van der Waals surface area contributed by atoms with E-state index in [1.54, 1.807) is 24.3 Å². The number of carboxylic acids is 1. The molecule has 0 unspecified atom stereocenters. The Kier molecular flexibility index (Phi) is 2.30. The molecule has 1 N–H and O–H groups in total. The number of aromatic nitrogens is 1. The Morgan fingerprint density at radius 2 is 2.12 bits per heavy atom. The van der Waals surface area contributed by atoms with E-state index in [1.807, 2.05) is 0 Å². The van der Waals surface area contributed by atoms with Crippen molar-refractivity contribution in [2.75, 3.05) is 0 Å². The van der Waals surface area contributed by atoms with Gasteiger partial charge in [0.15, 0.2) is 0 Å². The number of rotatable bonds is 2. The maximum absolute atomic E-state index is 11.2. The molecule has 1 heterocycles. The van der Waals surface area contributed by atoms with Crippen LogP contribution in [0.5, 0.6) is 0 Å². The molecule has 0 atom stereocenters. The van der Waals surface area contributed by atoms with Crippen molar-refractivity contribution < 1.29 is 9.90 Å². The van der Waals surface area contributed by atoms with Gasteiger partial charge in [0.1, 0.15) is 0 Å². The van der Waals surface area contributed by atoms with Gasteiger partial charge in [-0.05, 0) is 31.0 Å². The van der Waals surface area contributed by atoms with Crippen molar-refractivity contribution in [3.63, 3.8) is 0 Å². The summed E-state index contributed by atoms with van der Waals surface area (Å²) in [5.41, 5.74) is 1.85. The third-order valence-corrected chi connectivity index (χ3v) is 3.25. The lowest BCUT2D eigenvalue weighted by atomic mass is 10.1. The van der Waals surface area contributed by atoms with Gasteiger partial charge in [-0.25, -0.2) is 4.79 Å². The zero-order valence-electron chi connectivity index (χ0n) is 8.98. The van der Waals surface area contributed by atoms with E-state index in [9.17, 15) is 9.90 Å². The first kappa shape index (κ1) is 10.5. The van der Waals surface area contributed by atoms with Gasteiger partial charge in [0.25, 0.3) is 0 Å². The van der Waals surface area contributed by atoms with Crippen LogP contribution in [0.3, 0.4) is 0 Å². The minimum atomic E-state index is -0.915. The highest BCUT2D eigenvalue weighted by Gasteiger charge is 2.26. The summed E-state index contributed by atoms with van der Waals surface area (Å²) in [6.45, 7) is 0. The van der Waals surface area contributed by atoms with E-state index in [2.05, 4.69) is 4.98 Å². The van der Waals surface area contributed by atoms with Crippen molar-refractivity contribution in [3.05, 3.63) is 40.5 Å². The molecular formula is C13H10ClNO2. The Morgan fingerprint density at radius 1 is 1.35 bits per heavy atom. The Balaban J connectivity index is 2.30. The average molecular weight is 248 g/mol. The number of carboxylic acid groups (broad SMARTS) is 1. The fraction of sp³-hybridized carbons (Fsp3) is 0.231. The Bertz CT molecular complexity index is 620. The van der Waals surface area contributed by atoms with Gasteiger partial charge in [-0.3, -0.25) is 4.98 Å². The standard InChI is InChI=1S/C13H10ClNO2/c14-8-3-4-9-10(13(16)17)6-11(7-1-2-7)15-12(9)5-8/h3-7H,1-2H2,(H,16,17). The van der Waals surface area contributed by atoms with Gasteiger partial charge in [-0.15, -0.1) is 0 Å². The van der Waals surface area contributed by atoms with Gasteiger partial charge in [0.05, 0.1) is 11.1 Å². The number of hydrogen-bond donors (Lipinski definition) is 1. The number of aromatic carboxylic acids is 1. The highest BCUT2D eigenvalue weighted by molar-refractivity contribution is 6.31. The summed E-state index contributed by atoms with van der Waals surface area (Å²) in [5, 5.41) is 10.4. The smallest absolute Gasteiger partial charge is 0.336 e. The van der Waals surface area contributed by atoms with E-state index in [-0.39, 0.29) is 0 Å². The van der Waals surface area contributed by atoms with Crippen LogP contribution in [0.4, 0.5) is 0 Å². The zero-order valence-corrected chi connectivity index (χ0v) is 9.74. The fourth-order valence-corrected chi connectivity index (χ4v) is 2.15. The van der Waals surface area contributed by atoms with Crippen LogP contribution in [-0.4, -0.2) is 16.1 Å². The van der Waals surface area contributed by atoms with Crippen LogP contribution in [0.2, 0.25) is 5.02 Å². The topological polar surface area (TPSA) is 50.2 Å². The number of pyridine rings is 1. The summed E-state index contributed by atoms with van der Waals surface area (Å²) in [6, 6.07) is 6.81. The fourth-order valence-electron chi connectivity index (χ4n) is 1.99. The Morgan fingerprint density at radius 3 is 2.76 bits per heavy atom. The van der Waals surface area contributed by atoms with E-state index >= 15 is 0 Å². The van der Waals surface area contributed by atoms with E-state index in [0.717, 1.165) is 18.5 Å². The van der Waals surface area contributed by atoms with Crippen LogP contribution < -0.4 is 0 Å². The molecule has 3 rings (SSSR count). The molecule has 1 saturated carbocycles. The first-order valence-corrected chi connectivity index (χ1v) is 5.86. The van der Waals surface area contributed by atoms with Crippen LogP contribution >= 0.6 is 11.6 Å². The van der Waals surface area contributed by atoms with Crippen LogP contribution in [0, 0.1) is 0 Å². The van der Waals surface area contributed by atoms with Crippen molar-refractivity contribution in [1.82, 2.24) is 4.98 Å².